The number of amides is 1. The van der Waals surface area contributed by atoms with E-state index < -0.39 is 25.9 Å². The van der Waals surface area contributed by atoms with Gasteiger partial charge in [0.05, 0.1) is 30.6 Å². The van der Waals surface area contributed by atoms with E-state index in [-0.39, 0.29) is 29.6 Å². The van der Waals surface area contributed by atoms with Crippen molar-refractivity contribution < 1.29 is 31.8 Å². The van der Waals surface area contributed by atoms with Crippen LogP contribution >= 0.6 is 8.38 Å². The molecule has 2 N–H and O–H groups in total. The maximum absolute atomic E-state index is 14.1. The van der Waals surface area contributed by atoms with Gasteiger partial charge in [-0.05, 0) is 87.3 Å². The second-order valence-corrected chi connectivity index (χ2v) is 12.9. The van der Waals surface area contributed by atoms with Crippen LogP contribution in [0.4, 0.5) is 36.3 Å². The molecule has 3 aromatic rings. The molecule has 0 bridgehead atoms. The Kier molecular flexibility index (Phi) is 11.1. The van der Waals surface area contributed by atoms with Crippen molar-refractivity contribution in [3.8, 4) is 0 Å². The number of fused-ring (bicyclic) bond motifs is 1. The van der Waals surface area contributed by atoms with E-state index in [4.69, 9.17) is 13.8 Å². The van der Waals surface area contributed by atoms with Gasteiger partial charge in [0.1, 0.15) is 11.4 Å². The molecule has 46 heavy (non-hydrogen) atoms. The van der Waals surface area contributed by atoms with E-state index in [1.54, 1.807) is 30.1 Å². The van der Waals surface area contributed by atoms with Gasteiger partial charge in [-0.3, -0.25) is 4.79 Å². The normalized spacial score (nSPS) is 18.3. The lowest BCUT2D eigenvalue weighted by Gasteiger charge is -2.30. The molecule has 248 valence electrons. The predicted molar refractivity (Wildman–Crippen MR) is 173 cm³/mol. The van der Waals surface area contributed by atoms with E-state index >= 15 is 0 Å². The van der Waals surface area contributed by atoms with Crippen LogP contribution in [0.3, 0.4) is 0 Å². The minimum atomic E-state index is -4.72. The minimum Gasteiger partial charge on any atom is -0.379 e. The van der Waals surface area contributed by atoms with Crippen molar-refractivity contribution in [1.82, 2.24) is 14.9 Å². The number of nitrogens with one attached hydrogen (secondary N) is 2. The molecule has 1 aromatic heterocycles. The Hall–Kier alpha value is -3.31. The van der Waals surface area contributed by atoms with E-state index in [0.29, 0.717) is 43.8 Å². The van der Waals surface area contributed by atoms with Crippen LogP contribution in [-0.2, 0) is 32.7 Å². The number of anilines is 4. The molecule has 1 fully saturated rings. The molecule has 1 amide bonds. The molecular weight excluding hydrogens is 618 g/mol. The van der Waals surface area contributed by atoms with Crippen LogP contribution in [0.15, 0.2) is 42.6 Å². The van der Waals surface area contributed by atoms with Crippen LogP contribution in [0.2, 0.25) is 0 Å². The summed E-state index contributed by atoms with van der Waals surface area (Å²) in [5.41, 5.74) is 3.19. The van der Waals surface area contributed by atoms with Crippen molar-refractivity contribution in [2.75, 3.05) is 37.5 Å². The number of rotatable bonds is 13. The van der Waals surface area contributed by atoms with E-state index in [0.717, 1.165) is 48.6 Å². The number of hydrogen-bond acceptors (Lipinski definition) is 8. The Bertz CT molecular complexity index is 1490. The van der Waals surface area contributed by atoms with Crippen molar-refractivity contribution in [1.29, 1.82) is 0 Å². The third-order valence-electron chi connectivity index (χ3n) is 8.24. The molecule has 9 nitrogen and oxygen atoms in total. The molecule has 0 unspecified atom stereocenters. The highest BCUT2D eigenvalue weighted by Crippen LogP contribution is 2.44. The Morgan fingerprint density at radius 3 is 2.28 bits per heavy atom. The SMILES string of the molecule is CCOC1CCC(c2ccc(Nc3nc(Nc4ccc(CP(OCC)OCC)cc4)ncc3C(F)(F)F)c3c2CN(C)C3=O)CC1. The first kappa shape index (κ1) is 34.0. The summed E-state index contributed by atoms with van der Waals surface area (Å²) in [6, 6.07) is 11.0. The molecule has 5 rings (SSSR count). The topological polar surface area (TPSA) is 97.8 Å². The van der Waals surface area contributed by atoms with Gasteiger partial charge in [-0.2, -0.15) is 18.2 Å². The van der Waals surface area contributed by atoms with Crippen molar-refractivity contribution in [3.63, 3.8) is 0 Å². The van der Waals surface area contributed by atoms with Crippen LogP contribution in [0.25, 0.3) is 0 Å². The van der Waals surface area contributed by atoms with E-state index in [1.807, 2.05) is 39.0 Å². The lowest BCUT2D eigenvalue weighted by molar-refractivity contribution is -0.137. The minimum absolute atomic E-state index is 0.0168. The summed E-state index contributed by atoms with van der Waals surface area (Å²) in [5, 5.41) is 5.86. The molecule has 2 aliphatic rings. The standard InChI is InChI=1S/C33H41F3N5O4P/c1-5-43-24-14-10-22(11-15-24)25-16-17-28(29-26(25)19-41(4)31(29)42)39-30-27(33(34,35)36)18-37-32(40-30)38-23-12-8-21(9-13-23)20-46(44-6-2)45-7-3/h8-9,12-13,16-18,22,24H,5-7,10-11,14-15,19-20H2,1-4H3,(H2,37,38,39,40). The molecule has 13 heteroatoms. The fraction of sp³-hybridized carbons (Fsp3) is 0.485. The zero-order chi connectivity index (χ0) is 32.8. The van der Waals surface area contributed by atoms with Gasteiger partial charge in [0.25, 0.3) is 5.91 Å². The third-order valence-corrected chi connectivity index (χ3v) is 9.95. The van der Waals surface area contributed by atoms with Crippen molar-refractivity contribution in [2.45, 2.75) is 77.4 Å². The molecule has 2 heterocycles. The van der Waals surface area contributed by atoms with Gasteiger partial charge in [0, 0.05) is 38.2 Å². The Morgan fingerprint density at radius 2 is 1.65 bits per heavy atom. The zero-order valence-corrected chi connectivity index (χ0v) is 27.5. The van der Waals surface area contributed by atoms with Gasteiger partial charge in [-0.25, -0.2) is 4.98 Å². The maximum atomic E-state index is 14.1. The quantitative estimate of drug-likeness (QED) is 0.176. The number of halogens is 3. The summed E-state index contributed by atoms with van der Waals surface area (Å²) in [6.45, 7) is 8.03. The fourth-order valence-electron chi connectivity index (χ4n) is 6.10. The number of alkyl halides is 3. The molecule has 0 radical (unpaired) electrons. The van der Waals surface area contributed by atoms with E-state index in [1.165, 1.54) is 0 Å². The number of ether oxygens (including phenoxy) is 1. The van der Waals surface area contributed by atoms with E-state index in [2.05, 4.69) is 20.6 Å². The molecule has 1 aliphatic heterocycles. The Morgan fingerprint density at radius 1 is 0.957 bits per heavy atom. The second kappa shape index (κ2) is 15.1. The van der Waals surface area contributed by atoms with Gasteiger partial charge in [-0.1, -0.05) is 18.2 Å². The van der Waals surface area contributed by atoms with Crippen LogP contribution in [0.1, 0.15) is 85.0 Å². The van der Waals surface area contributed by atoms with Crippen LogP contribution in [0, 0.1) is 0 Å². The van der Waals surface area contributed by atoms with Gasteiger partial charge in [0.2, 0.25) is 5.95 Å². The lowest BCUT2D eigenvalue weighted by atomic mass is 9.80. The van der Waals surface area contributed by atoms with Crippen LogP contribution < -0.4 is 10.6 Å². The number of carbonyl (C=O) groups is 1. The molecule has 2 aromatic carbocycles. The number of carbonyl (C=O) groups excluding carboxylic acids is 1. The third kappa shape index (κ3) is 7.97. The summed E-state index contributed by atoms with van der Waals surface area (Å²) in [5.74, 6) is -0.427. The zero-order valence-electron chi connectivity index (χ0n) is 26.6. The molecule has 0 spiro atoms. The van der Waals surface area contributed by atoms with Crippen molar-refractivity contribution in [3.05, 3.63) is 70.4 Å². The lowest BCUT2D eigenvalue weighted by Crippen LogP contribution is -2.21. The highest BCUT2D eigenvalue weighted by molar-refractivity contribution is 7.46. The average Bonchev–Trinajstić information content (AvgIpc) is 3.32. The number of nitrogens with zero attached hydrogens (tertiary/aromatic N) is 3. The van der Waals surface area contributed by atoms with Gasteiger partial charge in [-0.15, -0.1) is 0 Å². The van der Waals surface area contributed by atoms with Crippen LogP contribution in [0.5, 0.6) is 0 Å². The van der Waals surface area contributed by atoms with Gasteiger partial charge in [0.15, 0.2) is 8.38 Å². The van der Waals surface area contributed by atoms with Gasteiger partial charge >= 0.3 is 6.18 Å². The molecule has 1 aliphatic carbocycles. The molecule has 1 saturated carbocycles. The Labute approximate surface area is 269 Å². The fourth-order valence-corrected chi connectivity index (χ4v) is 7.44. The monoisotopic (exact) mass is 659 g/mol. The average molecular weight is 660 g/mol. The summed E-state index contributed by atoms with van der Waals surface area (Å²) in [7, 11) is 0.656. The molecular formula is C33H41F3N5O4P. The summed E-state index contributed by atoms with van der Waals surface area (Å²) < 4.78 is 59.6. The molecule has 0 atom stereocenters. The van der Waals surface area contributed by atoms with Gasteiger partial charge < -0.3 is 29.3 Å². The summed E-state index contributed by atoms with van der Waals surface area (Å²) >= 11 is 0. The Balaban J connectivity index is 1.39. The molecule has 0 saturated heterocycles. The predicted octanol–water partition coefficient (Wildman–Crippen LogP) is 8.52. The highest BCUT2D eigenvalue weighted by Gasteiger charge is 2.37. The van der Waals surface area contributed by atoms with Crippen LogP contribution in [-0.4, -0.2) is 53.7 Å². The smallest absolute Gasteiger partial charge is 0.379 e. The number of aromatic nitrogens is 2. The highest BCUT2D eigenvalue weighted by atomic mass is 31.2. The summed E-state index contributed by atoms with van der Waals surface area (Å²) in [6.07, 6.45) is 0.639. The van der Waals surface area contributed by atoms with Crippen molar-refractivity contribution >= 4 is 37.4 Å². The first-order valence-electron chi connectivity index (χ1n) is 15.7. The first-order chi connectivity index (χ1) is 22.1. The maximum Gasteiger partial charge on any atom is 0.421 e. The number of hydrogen-bond donors (Lipinski definition) is 2. The second-order valence-electron chi connectivity index (χ2n) is 11.4. The first-order valence-corrected chi connectivity index (χ1v) is 17.1. The van der Waals surface area contributed by atoms with Crippen molar-refractivity contribution in [2.24, 2.45) is 0 Å². The summed E-state index contributed by atoms with van der Waals surface area (Å²) in [4.78, 5) is 23.1. The number of benzene rings is 2. The largest absolute Gasteiger partial charge is 0.421 e. The van der Waals surface area contributed by atoms with E-state index in [9.17, 15) is 18.0 Å².